The first-order valence-electron chi connectivity index (χ1n) is 6.37. The van der Waals surface area contributed by atoms with Crippen molar-refractivity contribution < 1.29 is 14.7 Å². The molecule has 1 aromatic carbocycles. The number of aliphatic carboxylic acids is 1. The molecule has 0 aliphatic carbocycles. The largest absolute Gasteiger partial charge is 0.481 e. The number of benzene rings is 1. The molecule has 1 amide bonds. The minimum Gasteiger partial charge on any atom is -0.481 e. The predicted molar refractivity (Wildman–Crippen MR) is 71.9 cm³/mol. The third kappa shape index (κ3) is 2.86. The summed E-state index contributed by atoms with van der Waals surface area (Å²) in [4.78, 5) is 24.9. The third-order valence-electron chi connectivity index (χ3n) is 3.58. The first kappa shape index (κ1) is 13.4. The van der Waals surface area contributed by atoms with E-state index in [-0.39, 0.29) is 12.5 Å². The fourth-order valence-electron chi connectivity index (χ4n) is 2.32. The molecule has 5 heteroatoms. The minimum atomic E-state index is -0.832. The van der Waals surface area contributed by atoms with Crippen molar-refractivity contribution >= 4 is 17.6 Å². The maximum atomic E-state index is 12.3. The van der Waals surface area contributed by atoms with Crippen molar-refractivity contribution in [2.75, 3.05) is 18.8 Å². The van der Waals surface area contributed by atoms with Gasteiger partial charge in [-0.25, -0.2) is 0 Å². The van der Waals surface area contributed by atoms with Crippen LogP contribution < -0.4 is 5.73 Å². The number of rotatable bonds is 2. The van der Waals surface area contributed by atoms with Gasteiger partial charge in [0, 0.05) is 24.3 Å². The molecule has 19 heavy (non-hydrogen) atoms. The number of nitrogen functional groups attached to an aromatic ring is 1. The van der Waals surface area contributed by atoms with Gasteiger partial charge in [-0.15, -0.1) is 0 Å². The molecule has 1 unspecified atom stereocenters. The normalized spacial score (nSPS) is 19.2. The Kier molecular flexibility index (Phi) is 3.74. The minimum absolute atomic E-state index is 0.141. The summed E-state index contributed by atoms with van der Waals surface area (Å²) in [5.41, 5.74) is 7.83. The van der Waals surface area contributed by atoms with E-state index in [1.807, 2.05) is 6.92 Å². The highest BCUT2D eigenvalue weighted by Crippen LogP contribution is 2.20. The Morgan fingerprint density at radius 2 is 2.16 bits per heavy atom. The molecule has 1 fully saturated rings. The molecule has 1 aromatic rings. The molecule has 0 aromatic heterocycles. The Labute approximate surface area is 112 Å². The third-order valence-corrected chi connectivity index (χ3v) is 3.58. The average Bonchev–Trinajstić information content (AvgIpc) is 2.41. The number of carbonyl (C=O) groups is 2. The number of carboxylic acid groups (broad SMARTS) is 1. The maximum absolute atomic E-state index is 12.3. The molecule has 102 valence electrons. The van der Waals surface area contributed by atoms with Gasteiger partial charge in [0.1, 0.15) is 0 Å². The highest BCUT2D eigenvalue weighted by molar-refractivity contribution is 5.95. The molecule has 1 aliphatic heterocycles. The van der Waals surface area contributed by atoms with E-state index in [0.29, 0.717) is 24.2 Å². The van der Waals surface area contributed by atoms with Crippen molar-refractivity contribution in [2.24, 2.45) is 5.92 Å². The van der Waals surface area contributed by atoms with E-state index < -0.39 is 11.9 Å². The number of piperidine rings is 1. The first-order chi connectivity index (χ1) is 8.99. The van der Waals surface area contributed by atoms with Crippen LogP contribution >= 0.6 is 0 Å². The standard InChI is InChI=1S/C14H18N2O3/c1-9-4-5-10(7-12(9)15)13(17)16-6-2-3-11(8-16)14(18)19/h4-5,7,11H,2-3,6,8,15H2,1H3,(H,18,19). The predicted octanol–water partition coefficient (Wildman–Crippen LogP) is 1.51. The monoisotopic (exact) mass is 262 g/mol. The lowest BCUT2D eigenvalue weighted by Crippen LogP contribution is -2.42. The zero-order valence-electron chi connectivity index (χ0n) is 10.9. The van der Waals surface area contributed by atoms with Gasteiger partial charge in [0.15, 0.2) is 0 Å². The Hall–Kier alpha value is -2.04. The van der Waals surface area contributed by atoms with Crippen molar-refractivity contribution in [1.82, 2.24) is 4.90 Å². The van der Waals surface area contributed by atoms with Gasteiger partial charge < -0.3 is 15.7 Å². The molecule has 0 spiro atoms. The summed E-state index contributed by atoms with van der Waals surface area (Å²) in [6.45, 7) is 2.77. The number of nitrogens with zero attached hydrogens (tertiary/aromatic N) is 1. The molecule has 2 rings (SSSR count). The SMILES string of the molecule is Cc1ccc(C(=O)N2CCCC(C(=O)O)C2)cc1N. The molecular formula is C14H18N2O3. The van der Waals surface area contributed by atoms with E-state index in [0.717, 1.165) is 12.0 Å². The van der Waals surface area contributed by atoms with Gasteiger partial charge in [-0.05, 0) is 37.5 Å². The van der Waals surface area contributed by atoms with Crippen molar-refractivity contribution in [2.45, 2.75) is 19.8 Å². The number of amides is 1. The number of hydrogen-bond acceptors (Lipinski definition) is 3. The van der Waals surface area contributed by atoms with Crippen LogP contribution in [0.4, 0.5) is 5.69 Å². The lowest BCUT2D eigenvalue weighted by molar-refractivity contribution is -0.143. The lowest BCUT2D eigenvalue weighted by Gasteiger charge is -2.30. The van der Waals surface area contributed by atoms with Gasteiger partial charge >= 0.3 is 5.97 Å². The number of carboxylic acids is 1. The van der Waals surface area contributed by atoms with Gasteiger partial charge in [-0.2, -0.15) is 0 Å². The van der Waals surface area contributed by atoms with Crippen molar-refractivity contribution in [1.29, 1.82) is 0 Å². The number of nitrogens with two attached hydrogens (primary N) is 1. The van der Waals surface area contributed by atoms with Crippen LogP contribution in [0.1, 0.15) is 28.8 Å². The van der Waals surface area contributed by atoms with Crippen LogP contribution in [-0.4, -0.2) is 35.0 Å². The first-order valence-corrected chi connectivity index (χ1v) is 6.37. The summed E-state index contributed by atoms with van der Waals surface area (Å²) < 4.78 is 0. The Morgan fingerprint density at radius 3 is 2.79 bits per heavy atom. The second kappa shape index (κ2) is 5.30. The molecule has 0 radical (unpaired) electrons. The number of hydrogen-bond donors (Lipinski definition) is 2. The van der Waals surface area contributed by atoms with Crippen LogP contribution in [0.2, 0.25) is 0 Å². The van der Waals surface area contributed by atoms with Crippen LogP contribution in [0.5, 0.6) is 0 Å². The maximum Gasteiger partial charge on any atom is 0.308 e. The average molecular weight is 262 g/mol. The zero-order valence-corrected chi connectivity index (χ0v) is 10.9. The summed E-state index contributed by atoms with van der Waals surface area (Å²) in [7, 11) is 0. The van der Waals surface area contributed by atoms with Crippen molar-refractivity contribution in [3.63, 3.8) is 0 Å². The van der Waals surface area contributed by atoms with Gasteiger partial charge in [-0.3, -0.25) is 9.59 Å². The smallest absolute Gasteiger partial charge is 0.308 e. The van der Waals surface area contributed by atoms with Crippen LogP contribution in [-0.2, 0) is 4.79 Å². The molecule has 0 saturated carbocycles. The fourth-order valence-corrected chi connectivity index (χ4v) is 2.32. The van der Waals surface area contributed by atoms with Crippen molar-refractivity contribution in [3.05, 3.63) is 29.3 Å². The van der Waals surface area contributed by atoms with Crippen LogP contribution in [0.3, 0.4) is 0 Å². The van der Waals surface area contributed by atoms with Crippen LogP contribution in [0.25, 0.3) is 0 Å². The Morgan fingerprint density at radius 1 is 1.42 bits per heavy atom. The van der Waals surface area contributed by atoms with E-state index in [1.165, 1.54) is 0 Å². The second-order valence-electron chi connectivity index (χ2n) is 5.00. The van der Waals surface area contributed by atoms with Crippen LogP contribution in [0, 0.1) is 12.8 Å². The Bertz CT molecular complexity index is 513. The van der Waals surface area contributed by atoms with E-state index in [4.69, 9.17) is 10.8 Å². The highest BCUT2D eigenvalue weighted by Gasteiger charge is 2.28. The van der Waals surface area contributed by atoms with Gasteiger partial charge in [-0.1, -0.05) is 6.07 Å². The molecular weight excluding hydrogens is 244 g/mol. The number of aryl methyl sites for hydroxylation is 1. The molecule has 1 aliphatic rings. The van der Waals surface area contributed by atoms with Crippen LogP contribution in [0.15, 0.2) is 18.2 Å². The van der Waals surface area contributed by atoms with Gasteiger partial charge in [0.05, 0.1) is 5.92 Å². The fraction of sp³-hybridized carbons (Fsp3) is 0.429. The topological polar surface area (TPSA) is 83.6 Å². The summed E-state index contributed by atoms with van der Waals surface area (Å²) >= 11 is 0. The molecule has 3 N–H and O–H groups in total. The number of carbonyl (C=O) groups excluding carboxylic acids is 1. The van der Waals surface area contributed by atoms with E-state index >= 15 is 0 Å². The Balaban J connectivity index is 2.14. The lowest BCUT2D eigenvalue weighted by atomic mass is 9.97. The molecule has 5 nitrogen and oxygen atoms in total. The quantitative estimate of drug-likeness (QED) is 0.791. The highest BCUT2D eigenvalue weighted by atomic mass is 16.4. The number of likely N-dealkylation sites (tertiary alicyclic amines) is 1. The molecule has 1 saturated heterocycles. The molecule has 1 heterocycles. The molecule has 0 bridgehead atoms. The molecule has 1 atom stereocenters. The summed E-state index contributed by atoms with van der Waals surface area (Å²) in [5, 5.41) is 9.03. The van der Waals surface area contributed by atoms with Gasteiger partial charge in [0.25, 0.3) is 5.91 Å². The zero-order chi connectivity index (χ0) is 14.0. The van der Waals surface area contributed by atoms with E-state index in [9.17, 15) is 9.59 Å². The van der Waals surface area contributed by atoms with E-state index in [2.05, 4.69) is 0 Å². The summed E-state index contributed by atoms with van der Waals surface area (Å²) in [5.74, 6) is -1.43. The summed E-state index contributed by atoms with van der Waals surface area (Å²) in [6.07, 6.45) is 1.36. The second-order valence-corrected chi connectivity index (χ2v) is 5.00. The number of anilines is 1. The van der Waals surface area contributed by atoms with E-state index in [1.54, 1.807) is 23.1 Å². The van der Waals surface area contributed by atoms with Crippen molar-refractivity contribution in [3.8, 4) is 0 Å². The van der Waals surface area contributed by atoms with Gasteiger partial charge in [0.2, 0.25) is 0 Å². The summed E-state index contributed by atoms with van der Waals surface area (Å²) in [6, 6.07) is 5.20.